The Hall–Kier alpha value is 1.37. The fraction of sp³-hybridized carbons (Fsp3) is 0.833. The summed E-state index contributed by atoms with van der Waals surface area (Å²) >= 11 is 0. The van der Waals surface area contributed by atoms with Gasteiger partial charge in [-0.25, -0.2) is 0 Å². The summed E-state index contributed by atoms with van der Waals surface area (Å²) in [5.74, 6) is -2.11. The van der Waals surface area contributed by atoms with E-state index < -0.39 is 23.0 Å². The number of carboxylic acid groups (broad SMARTS) is 2. The Balaban J connectivity index is -0.000000116. The van der Waals surface area contributed by atoms with Crippen LogP contribution in [0.3, 0.4) is 0 Å². The van der Waals surface area contributed by atoms with Crippen LogP contribution in [0.15, 0.2) is 0 Å². The third kappa shape index (κ3) is 14.3. The molecule has 0 fully saturated rings. The summed E-state index contributed by atoms with van der Waals surface area (Å²) in [5.41, 5.74) is -1.68. The number of aliphatic carboxylic acids is 2. The molecule has 0 aromatic carbocycles. The Morgan fingerprint density at radius 2 is 0.900 bits per heavy atom. The van der Waals surface area contributed by atoms with Gasteiger partial charge in [-0.1, -0.05) is 41.5 Å². The van der Waals surface area contributed by atoms with E-state index in [9.17, 15) is 19.8 Å². The Morgan fingerprint density at radius 3 is 0.900 bits per heavy atom. The predicted molar refractivity (Wildman–Crippen MR) is 67.9 cm³/mol. The minimum Gasteiger partial charge on any atom is -0.550 e. The molecule has 4 nitrogen and oxygen atoms in total. The molecule has 0 saturated heterocycles. The maximum absolute atomic E-state index is 10.2. The van der Waals surface area contributed by atoms with Gasteiger partial charge < -0.3 is 19.8 Å². The predicted octanol–water partition coefficient (Wildman–Crippen LogP) is -6.51. The van der Waals surface area contributed by atoms with E-state index in [1.807, 2.05) is 41.5 Å². The Morgan fingerprint density at radius 1 is 0.750 bits per heavy atom. The quantitative estimate of drug-likeness (QED) is 0.472. The number of hydrogen-bond donors (Lipinski definition) is 0. The normalized spacial score (nSPS) is 13.6. The summed E-state index contributed by atoms with van der Waals surface area (Å²) in [5, 5.41) is 20.4. The van der Waals surface area contributed by atoms with Crippen LogP contribution < -0.4 is 69.3 Å². The molecule has 0 aliphatic heterocycles. The van der Waals surface area contributed by atoms with E-state index in [2.05, 4.69) is 20.5 Å². The van der Waals surface area contributed by atoms with Crippen molar-refractivity contribution in [2.24, 2.45) is 10.8 Å². The first-order valence-electron chi connectivity index (χ1n) is 5.55. The third-order valence-corrected chi connectivity index (χ3v) is 4.41. The van der Waals surface area contributed by atoms with Gasteiger partial charge >= 0.3 is 59.1 Å². The first kappa shape index (κ1) is 29.4. The van der Waals surface area contributed by atoms with Gasteiger partial charge in [0.1, 0.15) is 0 Å². The number of carbonyl (C=O) groups is 2. The molecule has 0 spiro atoms. The summed E-state index contributed by atoms with van der Waals surface area (Å²) in [4.78, 5) is 20.4. The van der Waals surface area contributed by atoms with Crippen molar-refractivity contribution < 1.29 is 78.9 Å². The van der Waals surface area contributed by atoms with E-state index in [0.29, 0.717) is 0 Å². The number of hydrogen-bond acceptors (Lipinski definition) is 4. The number of rotatable bonds is 2. The van der Waals surface area contributed by atoms with Gasteiger partial charge in [-0.2, -0.15) is 0 Å². The van der Waals surface area contributed by atoms with E-state index >= 15 is 0 Å². The van der Waals surface area contributed by atoms with E-state index in [-0.39, 0.29) is 69.9 Å². The molecular formula is C12H20Na2O4Si2. The van der Waals surface area contributed by atoms with E-state index in [0.717, 1.165) is 0 Å². The average molecular weight is 330 g/mol. The molecular weight excluding hydrogens is 310 g/mol. The first-order chi connectivity index (χ1) is 7.71. The van der Waals surface area contributed by atoms with Crippen molar-refractivity contribution in [3.8, 4) is 0 Å². The number of carboxylic acids is 2. The van der Waals surface area contributed by atoms with Gasteiger partial charge in [-0.15, -0.1) is 0 Å². The van der Waals surface area contributed by atoms with Gasteiger partial charge in [0.05, 0.1) is 0 Å². The van der Waals surface area contributed by atoms with E-state index in [1.165, 1.54) is 0 Å². The van der Waals surface area contributed by atoms with Gasteiger partial charge in [0.15, 0.2) is 0 Å². The molecule has 0 saturated carbocycles. The minimum absolute atomic E-state index is 0. The van der Waals surface area contributed by atoms with Gasteiger partial charge in [-0.05, 0) is 21.9 Å². The smallest absolute Gasteiger partial charge is 0.550 e. The van der Waals surface area contributed by atoms with Crippen LogP contribution in [0.5, 0.6) is 0 Å². The second kappa shape index (κ2) is 11.9. The van der Waals surface area contributed by atoms with Crippen molar-refractivity contribution >= 4 is 32.4 Å². The molecule has 0 aliphatic rings. The second-order valence-electron chi connectivity index (χ2n) is 6.24. The molecule has 0 aromatic rings. The van der Waals surface area contributed by atoms with Crippen LogP contribution in [-0.2, 0) is 9.59 Å². The van der Waals surface area contributed by atoms with Gasteiger partial charge in [0.2, 0.25) is 0 Å². The van der Waals surface area contributed by atoms with Crippen molar-refractivity contribution in [3.63, 3.8) is 0 Å². The molecule has 2 unspecified atom stereocenters. The zero-order valence-corrected chi connectivity index (χ0v) is 19.8. The molecule has 0 heterocycles. The Bertz CT molecular complexity index is 269. The van der Waals surface area contributed by atoms with Crippen LogP contribution in [0, 0.1) is 10.8 Å². The summed E-state index contributed by atoms with van der Waals surface area (Å²) in [6.07, 6.45) is 0. The second-order valence-corrected chi connectivity index (χ2v) is 7.39. The molecule has 102 valence electrons. The molecule has 20 heavy (non-hydrogen) atoms. The fourth-order valence-corrected chi connectivity index (χ4v) is 0.707. The molecule has 0 aliphatic carbocycles. The summed E-state index contributed by atoms with van der Waals surface area (Å²) in [6.45, 7) is 11.0. The van der Waals surface area contributed by atoms with Gasteiger partial charge in [-0.3, -0.25) is 0 Å². The number of carbonyl (C=O) groups excluding carboxylic acids is 2. The summed E-state index contributed by atoms with van der Waals surface area (Å²) < 4.78 is 0. The summed E-state index contributed by atoms with van der Waals surface area (Å²) in [6, 6.07) is 0. The van der Waals surface area contributed by atoms with E-state index in [4.69, 9.17) is 0 Å². The average Bonchev–Trinajstić information content (AvgIpc) is 2.13. The van der Waals surface area contributed by atoms with Crippen molar-refractivity contribution in [2.45, 2.75) is 52.6 Å². The molecule has 6 radical (unpaired) electrons. The van der Waals surface area contributed by atoms with Crippen molar-refractivity contribution in [1.82, 2.24) is 0 Å². The van der Waals surface area contributed by atoms with Crippen LogP contribution in [-0.4, -0.2) is 32.4 Å². The maximum Gasteiger partial charge on any atom is 1.00 e. The van der Waals surface area contributed by atoms with E-state index in [1.54, 1.807) is 0 Å². The zero-order chi connectivity index (χ0) is 15.3. The molecule has 0 bridgehead atoms. The summed E-state index contributed by atoms with van der Waals surface area (Å²) in [7, 11) is 6.10. The minimum atomic E-state index is -1.06. The monoisotopic (exact) mass is 330 g/mol. The Labute approximate surface area is 173 Å². The van der Waals surface area contributed by atoms with Crippen LogP contribution in [0.25, 0.3) is 0 Å². The molecule has 0 N–H and O–H groups in total. The molecule has 2 atom stereocenters. The first-order valence-corrected chi connectivity index (χ1v) is 6.70. The molecule has 8 heteroatoms. The van der Waals surface area contributed by atoms with Gasteiger partial charge in [0.25, 0.3) is 0 Å². The van der Waals surface area contributed by atoms with Crippen LogP contribution >= 0.6 is 0 Å². The fourth-order valence-electron chi connectivity index (χ4n) is 0.707. The maximum atomic E-state index is 10.2. The largest absolute Gasteiger partial charge is 1.00 e. The molecule has 0 rings (SSSR count). The third-order valence-electron chi connectivity index (χ3n) is 2.20. The standard InChI is InChI=1S/2C6H11O2Si.2Na/c2*1-6(2,3)4(9)5(7)8;;/h2*4H,1-3H3,(H,7,8);;/q;;2*+1/p-2. The molecule has 0 amide bonds. The SMILES string of the molecule is CC(C)(C)C([Si])C(=O)[O-].CC(C)(C)C([Si])C(=O)[O-].[Na+].[Na+]. The van der Waals surface area contributed by atoms with Gasteiger partial charge in [0, 0.05) is 32.4 Å². The molecule has 0 aromatic heterocycles. The van der Waals surface area contributed by atoms with Crippen LogP contribution in [0.1, 0.15) is 41.5 Å². The van der Waals surface area contributed by atoms with Crippen molar-refractivity contribution in [1.29, 1.82) is 0 Å². The van der Waals surface area contributed by atoms with Crippen LogP contribution in [0.4, 0.5) is 0 Å². The van der Waals surface area contributed by atoms with Crippen molar-refractivity contribution in [2.75, 3.05) is 0 Å². The Kier molecular flexibility index (Phi) is 17.5. The van der Waals surface area contributed by atoms with Crippen molar-refractivity contribution in [3.05, 3.63) is 0 Å². The van der Waals surface area contributed by atoms with Crippen LogP contribution in [0.2, 0.25) is 11.1 Å². The zero-order valence-electron chi connectivity index (χ0n) is 13.8. The topological polar surface area (TPSA) is 80.3 Å².